The lowest BCUT2D eigenvalue weighted by molar-refractivity contribution is -0.164. The first-order valence-corrected chi connectivity index (χ1v) is 9.17. The number of carbonyl (C=O) groups excluding carboxylic acids is 2. The molecule has 0 bridgehead atoms. The minimum atomic E-state index is -0.350. The molecule has 136 valence electrons. The number of esters is 2. The normalized spacial score (nSPS) is 25.0. The second-order valence-corrected chi connectivity index (χ2v) is 7.12. The third-order valence-electron chi connectivity index (χ3n) is 4.99. The van der Waals surface area contributed by atoms with Crippen LogP contribution in [0.3, 0.4) is 0 Å². The lowest BCUT2D eigenvalue weighted by Crippen LogP contribution is -2.29. The van der Waals surface area contributed by atoms with E-state index < -0.39 is 0 Å². The first kappa shape index (κ1) is 19.0. The molecule has 2 saturated carbocycles. The Hall–Kier alpha value is -1.36. The van der Waals surface area contributed by atoms with Gasteiger partial charge in [0.15, 0.2) is 6.79 Å². The first-order valence-electron chi connectivity index (χ1n) is 9.17. The van der Waals surface area contributed by atoms with Gasteiger partial charge in [-0.2, -0.15) is 0 Å². The number of ether oxygens (including phenoxy) is 3. The molecule has 0 aromatic heterocycles. The maximum Gasteiger partial charge on any atom is 0.333 e. The molecule has 2 rings (SSSR count). The fourth-order valence-corrected chi connectivity index (χ4v) is 3.45. The predicted octanol–water partition coefficient (Wildman–Crippen LogP) is 3.76. The van der Waals surface area contributed by atoms with Gasteiger partial charge in [0.2, 0.25) is 0 Å². The second-order valence-electron chi connectivity index (χ2n) is 7.12. The van der Waals surface area contributed by atoms with E-state index >= 15 is 0 Å². The summed E-state index contributed by atoms with van der Waals surface area (Å²) in [6.45, 7) is 5.96. The van der Waals surface area contributed by atoms with Gasteiger partial charge in [-0.25, -0.2) is 4.79 Å². The average molecular weight is 338 g/mol. The maximum absolute atomic E-state index is 12.1. The summed E-state index contributed by atoms with van der Waals surface area (Å²) in [7, 11) is 0. The van der Waals surface area contributed by atoms with Crippen LogP contribution in [0.1, 0.15) is 64.7 Å². The van der Waals surface area contributed by atoms with E-state index in [0.717, 1.165) is 0 Å². The molecule has 0 saturated heterocycles. The van der Waals surface area contributed by atoms with E-state index in [9.17, 15) is 9.59 Å². The highest BCUT2D eigenvalue weighted by atomic mass is 16.7. The smallest absolute Gasteiger partial charge is 0.333 e. The fourth-order valence-electron chi connectivity index (χ4n) is 3.45. The van der Waals surface area contributed by atoms with Crippen LogP contribution >= 0.6 is 0 Å². The van der Waals surface area contributed by atoms with Crippen molar-refractivity contribution in [1.29, 1.82) is 0 Å². The molecule has 0 aliphatic heterocycles. The Bertz CT molecular complexity index is 431. The van der Waals surface area contributed by atoms with E-state index in [0.29, 0.717) is 43.8 Å². The van der Waals surface area contributed by atoms with E-state index in [2.05, 4.69) is 6.58 Å². The van der Waals surface area contributed by atoms with Gasteiger partial charge < -0.3 is 14.2 Å². The van der Waals surface area contributed by atoms with Crippen molar-refractivity contribution >= 4 is 11.9 Å². The third-order valence-corrected chi connectivity index (χ3v) is 4.99. The summed E-state index contributed by atoms with van der Waals surface area (Å²) in [6, 6.07) is 0. The standard InChI is InChI=1S/C19H30O5/c1-14(2)18(20)24-17-10-8-16(9-11-17)19(21)23-13-22-12-15-6-4-3-5-7-15/h15-17H,1,3-13H2,2H3. The van der Waals surface area contributed by atoms with Gasteiger partial charge in [0, 0.05) is 5.57 Å². The molecule has 5 heteroatoms. The molecule has 0 amide bonds. The monoisotopic (exact) mass is 338 g/mol. The van der Waals surface area contributed by atoms with Crippen LogP contribution in [-0.2, 0) is 23.8 Å². The summed E-state index contributed by atoms with van der Waals surface area (Å²) in [4.78, 5) is 23.6. The lowest BCUT2D eigenvalue weighted by Gasteiger charge is -2.27. The SMILES string of the molecule is C=C(C)C(=O)OC1CCC(C(=O)OCOCC2CCCCC2)CC1. The Kier molecular flexibility index (Phi) is 7.76. The molecule has 0 aromatic rings. The third kappa shape index (κ3) is 6.27. The largest absolute Gasteiger partial charge is 0.459 e. The second kappa shape index (κ2) is 9.82. The van der Waals surface area contributed by atoms with Crippen molar-refractivity contribution in [3.8, 4) is 0 Å². The molecule has 0 heterocycles. The molecule has 2 aliphatic rings. The van der Waals surface area contributed by atoms with Crippen LogP contribution < -0.4 is 0 Å². The molecule has 2 fully saturated rings. The van der Waals surface area contributed by atoms with Gasteiger partial charge >= 0.3 is 11.9 Å². The summed E-state index contributed by atoms with van der Waals surface area (Å²) in [6.07, 6.45) is 9.01. The van der Waals surface area contributed by atoms with Crippen molar-refractivity contribution < 1.29 is 23.8 Å². The van der Waals surface area contributed by atoms with Crippen molar-refractivity contribution in [3.63, 3.8) is 0 Å². The summed E-state index contributed by atoms with van der Waals surface area (Å²) in [5.41, 5.74) is 0.409. The molecule has 0 aromatic carbocycles. The van der Waals surface area contributed by atoms with Crippen molar-refractivity contribution in [3.05, 3.63) is 12.2 Å². The Labute approximate surface area is 144 Å². The van der Waals surface area contributed by atoms with Crippen LogP contribution in [-0.4, -0.2) is 31.4 Å². The molecule has 2 aliphatic carbocycles. The molecule has 0 atom stereocenters. The Morgan fingerprint density at radius 3 is 2.29 bits per heavy atom. The quantitative estimate of drug-likeness (QED) is 0.306. The number of hydrogen-bond acceptors (Lipinski definition) is 5. The molecule has 0 unspecified atom stereocenters. The zero-order chi connectivity index (χ0) is 17.4. The van der Waals surface area contributed by atoms with Crippen LogP contribution in [0.15, 0.2) is 12.2 Å². The zero-order valence-electron chi connectivity index (χ0n) is 14.8. The Balaban J connectivity index is 1.57. The number of hydrogen-bond donors (Lipinski definition) is 0. The van der Waals surface area contributed by atoms with Crippen LogP contribution in [0.25, 0.3) is 0 Å². The lowest BCUT2D eigenvalue weighted by atomic mass is 9.87. The summed E-state index contributed by atoms with van der Waals surface area (Å²) in [5, 5.41) is 0. The van der Waals surface area contributed by atoms with Crippen molar-refractivity contribution in [2.24, 2.45) is 11.8 Å². The molecule has 0 N–H and O–H groups in total. The van der Waals surface area contributed by atoms with Crippen LogP contribution in [0.4, 0.5) is 0 Å². The van der Waals surface area contributed by atoms with Crippen molar-refractivity contribution in [2.75, 3.05) is 13.4 Å². The Morgan fingerprint density at radius 1 is 1.00 bits per heavy atom. The van der Waals surface area contributed by atoms with Gasteiger partial charge in [0.05, 0.1) is 12.5 Å². The van der Waals surface area contributed by atoms with Crippen LogP contribution in [0.5, 0.6) is 0 Å². The molecule has 24 heavy (non-hydrogen) atoms. The van der Waals surface area contributed by atoms with Gasteiger partial charge in [-0.3, -0.25) is 4.79 Å². The summed E-state index contributed by atoms with van der Waals surface area (Å²) >= 11 is 0. The van der Waals surface area contributed by atoms with E-state index in [4.69, 9.17) is 14.2 Å². The van der Waals surface area contributed by atoms with E-state index in [1.165, 1.54) is 32.1 Å². The van der Waals surface area contributed by atoms with Gasteiger partial charge in [-0.05, 0) is 51.4 Å². The number of carbonyl (C=O) groups is 2. The highest BCUT2D eigenvalue weighted by molar-refractivity contribution is 5.87. The molecular weight excluding hydrogens is 308 g/mol. The van der Waals surface area contributed by atoms with Crippen LogP contribution in [0.2, 0.25) is 0 Å². The molecular formula is C19H30O5. The average Bonchev–Trinajstić information content (AvgIpc) is 2.60. The summed E-state index contributed by atoms with van der Waals surface area (Å²) in [5.74, 6) is -0.0283. The van der Waals surface area contributed by atoms with Crippen molar-refractivity contribution in [2.45, 2.75) is 70.8 Å². The molecule has 0 radical (unpaired) electrons. The summed E-state index contributed by atoms with van der Waals surface area (Å²) < 4.78 is 16.1. The fraction of sp³-hybridized carbons (Fsp3) is 0.789. The van der Waals surface area contributed by atoms with E-state index in [1.807, 2.05) is 0 Å². The topological polar surface area (TPSA) is 61.8 Å². The minimum absolute atomic E-state index is 0.0555. The van der Waals surface area contributed by atoms with Crippen LogP contribution in [0, 0.1) is 11.8 Å². The van der Waals surface area contributed by atoms with E-state index in [-0.39, 0.29) is 30.8 Å². The number of rotatable bonds is 7. The Morgan fingerprint density at radius 2 is 1.67 bits per heavy atom. The van der Waals surface area contributed by atoms with Gasteiger partial charge in [-0.15, -0.1) is 0 Å². The zero-order valence-corrected chi connectivity index (χ0v) is 14.8. The van der Waals surface area contributed by atoms with Crippen molar-refractivity contribution in [1.82, 2.24) is 0 Å². The first-order chi connectivity index (χ1) is 11.6. The van der Waals surface area contributed by atoms with Gasteiger partial charge in [0.25, 0.3) is 0 Å². The highest BCUT2D eigenvalue weighted by Crippen LogP contribution is 2.28. The molecule has 5 nitrogen and oxygen atoms in total. The maximum atomic E-state index is 12.1. The van der Waals surface area contributed by atoms with E-state index in [1.54, 1.807) is 6.92 Å². The van der Waals surface area contributed by atoms with Gasteiger partial charge in [0.1, 0.15) is 6.10 Å². The highest BCUT2D eigenvalue weighted by Gasteiger charge is 2.29. The van der Waals surface area contributed by atoms with Gasteiger partial charge in [-0.1, -0.05) is 25.8 Å². The molecule has 0 spiro atoms. The minimum Gasteiger partial charge on any atom is -0.459 e. The predicted molar refractivity (Wildman–Crippen MR) is 90.1 cm³/mol.